The molecular formula is C6H7ClPd. The minimum Gasteiger partial charge on any atom is -0.147 e. The fraction of sp³-hybridized carbons (Fsp3) is 0. The van der Waals surface area contributed by atoms with E-state index in [4.69, 9.17) is 0 Å². The molecule has 0 aliphatic carbocycles. The molecule has 0 aromatic heterocycles. The Bertz CT molecular complexity index is 80.5. The molecule has 0 unspecified atom stereocenters. The van der Waals surface area contributed by atoms with Gasteiger partial charge in [-0.25, -0.2) is 0 Å². The van der Waals surface area contributed by atoms with E-state index in [-0.39, 0.29) is 32.8 Å². The number of benzene rings is 1. The van der Waals surface area contributed by atoms with Crippen molar-refractivity contribution in [3.63, 3.8) is 0 Å². The third-order valence-electron chi connectivity index (χ3n) is 0.667. The van der Waals surface area contributed by atoms with Gasteiger partial charge in [-0.15, -0.1) is 12.4 Å². The van der Waals surface area contributed by atoms with Gasteiger partial charge in [-0.05, 0) is 0 Å². The van der Waals surface area contributed by atoms with Gasteiger partial charge in [-0.3, -0.25) is 0 Å². The van der Waals surface area contributed by atoms with Crippen LogP contribution in [0.1, 0.15) is 0 Å². The summed E-state index contributed by atoms with van der Waals surface area (Å²) in [6.45, 7) is 0. The fourth-order valence-electron chi connectivity index (χ4n) is 0.385. The Morgan fingerprint density at radius 3 is 0.750 bits per heavy atom. The Labute approximate surface area is 69.4 Å². The maximum absolute atomic E-state index is 2.00. The van der Waals surface area contributed by atoms with Gasteiger partial charge in [0.1, 0.15) is 0 Å². The molecule has 0 saturated carbocycles. The largest absolute Gasteiger partial charge is 0.147 e. The van der Waals surface area contributed by atoms with Crippen molar-refractivity contribution in [3.8, 4) is 0 Å². The van der Waals surface area contributed by atoms with Crippen molar-refractivity contribution in [1.29, 1.82) is 0 Å². The summed E-state index contributed by atoms with van der Waals surface area (Å²) >= 11 is 0. The van der Waals surface area contributed by atoms with Crippen LogP contribution in [0.3, 0.4) is 0 Å². The Morgan fingerprint density at radius 1 is 0.500 bits per heavy atom. The second-order valence-corrected chi connectivity index (χ2v) is 1.15. The van der Waals surface area contributed by atoms with Gasteiger partial charge in [-0.1, -0.05) is 36.4 Å². The van der Waals surface area contributed by atoms with E-state index in [0.717, 1.165) is 0 Å². The van der Waals surface area contributed by atoms with Gasteiger partial charge in [0.2, 0.25) is 0 Å². The molecule has 2 heteroatoms. The average molecular weight is 221 g/mol. The molecule has 1 aromatic carbocycles. The van der Waals surface area contributed by atoms with E-state index in [1.54, 1.807) is 0 Å². The molecule has 0 spiro atoms. The number of rotatable bonds is 0. The molecule has 0 amide bonds. The molecule has 1 rings (SSSR count). The topological polar surface area (TPSA) is 0 Å². The van der Waals surface area contributed by atoms with Crippen LogP contribution < -0.4 is 0 Å². The van der Waals surface area contributed by atoms with E-state index >= 15 is 0 Å². The van der Waals surface area contributed by atoms with Gasteiger partial charge >= 0.3 is 0 Å². The van der Waals surface area contributed by atoms with Crippen LogP contribution in [-0.4, -0.2) is 0 Å². The first-order valence-corrected chi connectivity index (χ1v) is 2.00. The normalized spacial score (nSPS) is 6.00. The molecule has 0 aliphatic rings. The van der Waals surface area contributed by atoms with E-state index in [1.165, 1.54) is 0 Å². The Morgan fingerprint density at radius 2 is 0.625 bits per heavy atom. The van der Waals surface area contributed by atoms with E-state index in [0.29, 0.717) is 0 Å². The summed E-state index contributed by atoms with van der Waals surface area (Å²) in [4.78, 5) is 0. The van der Waals surface area contributed by atoms with E-state index in [2.05, 4.69) is 0 Å². The molecule has 0 heterocycles. The summed E-state index contributed by atoms with van der Waals surface area (Å²) in [6.07, 6.45) is 0. The molecule has 1 aromatic rings. The van der Waals surface area contributed by atoms with Crippen LogP contribution in [0.2, 0.25) is 0 Å². The molecule has 48 valence electrons. The van der Waals surface area contributed by atoms with Crippen LogP contribution in [0.4, 0.5) is 0 Å². The molecule has 0 radical (unpaired) electrons. The zero-order valence-electron chi connectivity index (χ0n) is 4.19. The number of hydrogen-bond donors (Lipinski definition) is 0. The van der Waals surface area contributed by atoms with Crippen molar-refractivity contribution >= 4 is 12.4 Å². The molecule has 0 bridgehead atoms. The standard InChI is InChI=1S/C6H6.ClH.Pd/c1-2-4-6-5-3-1;;/h1-6H;1H;. The average Bonchev–Trinajstić information content (AvgIpc) is 1.72. The van der Waals surface area contributed by atoms with Crippen molar-refractivity contribution in [3.05, 3.63) is 36.4 Å². The summed E-state index contributed by atoms with van der Waals surface area (Å²) in [7, 11) is 0. The number of hydrogen-bond acceptors (Lipinski definition) is 0. The Hall–Kier alpha value is 0.172. The van der Waals surface area contributed by atoms with Crippen molar-refractivity contribution < 1.29 is 20.4 Å². The predicted molar refractivity (Wildman–Crippen MR) is 33.7 cm³/mol. The smallest absolute Gasteiger partial charge is 0 e. The predicted octanol–water partition coefficient (Wildman–Crippen LogP) is 2.11. The maximum Gasteiger partial charge on any atom is 0 e. The zero-order chi connectivity index (χ0) is 4.24. The minimum absolute atomic E-state index is 0. The van der Waals surface area contributed by atoms with Gasteiger partial charge in [0.05, 0.1) is 0 Å². The van der Waals surface area contributed by atoms with E-state index < -0.39 is 0 Å². The van der Waals surface area contributed by atoms with E-state index in [9.17, 15) is 0 Å². The minimum atomic E-state index is 0. The summed E-state index contributed by atoms with van der Waals surface area (Å²) in [5, 5.41) is 0. The molecular weight excluding hydrogens is 214 g/mol. The molecule has 0 aliphatic heterocycles. The molecule has 0 fully saturated rings. The first-order valence-electron chi connectivity index (χ1n) is 2.00. The molecule has 0 N–H and O–H groups in total. The van der Waals surface area contributed by atoms with Crippen molar-refractivity contribution in [2.45, 2.75) is 0 Å². The third kappa shape index (κ3) is 4.33. The van der Waals surface area contributed by atoms with Crippen molar-refractivity contribution in [2.75, 3.05) is 0 Å². The SMILES string of the molecule is Cl.[Pd].c1ccccc1. The summed E-state index contributed by atoms with van der Waals surface area (Å²) in [6, 6.07) is 12.0. The van der Waals surface area contributed by atoms with Gasteiger partial charge in [0.25, 0.3) is 0 Å². The first kappa shape index (κ1) is 11.0. The summed E-state index contributed by atoms with van der Waals surface area (Å²) < 4.78 is 0. The van der Waals surface area contributed by atoms with E-state index in [1.807, 2.05) is 36.4 Å². The fourth-order valence-corrected chi connectivity index (χ4v) is 0.385. The zero-order valence-corrected chi connectivity index (χ0v) is 6.56. The summed E-state index contributed by atoms with van der Waals surface area (Å²) in [5.41, 5.74) is 0. The van der Waals surface area contributed by atoms with Crippen LogP contribution >= 0.6 is 12.4 Å². The van der Waals surface area contributed by atoms with Crippen LogP contribution in [0.25, 0.3) is 0 Å². The van der Waals surface area contributed by atoms with Crippen LogP contribution in [0.5, 0.6) is 0 Å². The quantitative estimate of drug-likeness (QED) is 0.588. The van der Waals surface area contributed by atoms with Gasteiger partial charge in [0, 0.05) is 20.4 Å². The van der Waals surface area contributed by atoms with Gasteiger partial charge in [-0.2, -0.15) is 0 Å². The first-order chi connectivity index (χ1) is 3.00. The van der Waals surface area contributed by atoms with Crippen LogP contribution in [-0.2, 0) is 20.4 Å². The molecule has 8 heavy (non-hydrogen) atoms. The monoisotopic (exact) mass is 220 g/mol. The van der Waals surface area contributed by atoms with Crippen LogP contribution in [0, 0.1) is 0 Å². The maximum atomic E-state index is 2.00. The van der Waals surface area contributed by atoms with Crippen molar-refractivity contribution in [1.82, 2.24) is 0 Å². The van der Waals surface area contributed by atoms with Crippen molar-refractivity contribution in [2.24, 2.45) is 0 Å². The van der Waals surface area contributed by atoms with Gasteiger partial charge in [0.15, 0.2) is 0 Å². The Balaban J connectivity index is 0. The second-order valence-electron chi connectivity index (χ2n) is 1.15. The third-order valence-corrected chi connectivity index (χ3v) is 0.667. The number of halogens is 1. The molecule has 0 saturated heterocycles. The van der Waals surface area contributed by atoms with Crippen LogP contribution in [0.15, 0.2) is 36.4 Å². The Kier molecular flexibility index (Phi) is 9.89. The van der Waals surface area contributed by atoms with Gasteiger partial charge < -0.3 is 0 Å². The summed E-state index contributed by atoms with van der Waals surface area (Å²) in [5.74, 6) is 0. The molecule has 0 nitrogen and oxygen atoms in total. The molecule has 0 atom stereocenters. The second kappa shape index (κ2) is 7.17.